The van der Waals surface area contributed by atoms with Crippen molar-refractivity contribution in [3.63, 3.8) is 0 Å². The summed E-state index contributed by atoms with van der Waals surface area (Å²) >= 11 is 0. The fourth-order valence-electron chi connectivity index (χ4n) is 2.01. The number of hydrogen-bond donors (Lipinski definition) is 0. The van der Waals surface area contributed by atoms with E-state index in [-0.39, 0.29) is 0 Å². The first-order valence-electron chi connectivity index (χ1n) is 6.84. The van der Waals surface area contributed by atoms with Gasteiger partial charge in [0.25, 0.3) is 0 Å². The van der Waals surface area contributed by atoms with Crippen molar-refractivity contribution in [1.29, 1.82) is 0 Å². The standard InChI is InChI=1S/C17H20O2Si/c1-18-10-11-19-20-14-17-9-5-8-16(13-17)12-15-6-3-2-4-7-15/h2-9,13H,10-12,14H2,1H3. The number of hydrogen-bond acceptors (Lipinski definition) is 2. The summed E-state index contributed by atoms with van der Waals surface area (Å²) in [6.07, 6.45) is 0.988. The zero-order chi connectivity index (χ0) is 14.0. The van der Waals surface area contributed by atoms with E-state index in [9.17, 15) is 0 Å². The van der Waals surface area contributed by atoms with E-state index in [1.807, 2.05) is 0 Å². The molecular weight excluding hydrogens is 264 g/mol. The summed E-state index contributed by atoms with van der Waals surface area (Å²) in [5.41, 5.74) is 4.05. The van der Waals surface area contributed by atoms with E-state index < -0.39 is 0 Å². The van der Waals surface area contributed by atoms with Gasteiger partial charge in [-0.25, -0.2) is 0 Å². The molecule has 2 aromatic rings. The van der Waals surface area contributed by atoms with Gasteiger partial charge in [-0.3, -0.25) is 0 Å². The van der Waals surface area contributed by atoms with Crippen LogP contribution in [0.2, 0.25) is 0 Å². The molecule has 0 fully saturated rings. The van der Waals surface area contributed by atoms with Gasteiger partial charge in [-0.1, -0.05) is 54.6 Å². The number of methoxy groups -OCH3 is 1. The van der Waals surface area contributed by atoms with Gasteiger partial charge in [0.2, 0.25) is 9.76 Å². The number of ether oxygens (including phenoxy) is 1. The van der Waals surface area contributed by atoms with Crippen molar-refractivity contribution in [3.8, 4) is 0 Å². The highest BCUT2D eigenvalue weighted by Gasteiger charge is 2.00. The Kier molecular flexibility index (Phi) is 6.51. The molecule has 2 aromatic carbocycles. The predicted octanol–water partition coefficient (Wildman–Crippen LogP) is 3.06. The Morgan fingerprint density at radius 3 is 2.40 bits per heavy atom. The lowest BCUT2D eigenvalue weighted by Gasteiger charge is -2.06. The number of benzene rings is 2. The van der Waals surface area contributed by atoms with Crippen LogP contribution in [-0.2, 0) is 21.6 Å². The Labute approximate surface area is 123 Å². The molecule has 0 aliphatic rings. The summed E-state index contributed by atoms with van der Waals surface area (Å²) < 4.78 is 10.5. The molecular formula is C17H20O2Si. The van der Waals surface area contributed by atoms with E-state index in [1.165, 1.54) is 16.7 Å². The van der Waals surface area contributed by atoms with Crippen LogP contribution in [0.3, 0.4) is 0 Å². The third-order valence-electron chi connectivity index (χ3n) is 3.01. The second kappa shape index (κ2) is 8.69. The van der Waals surface area contributed by atoms with Crippen LogP contribution in [0.1, 0.15) is 16.7 Å². The van der Waals surface area contributed by atoms with Crippen LogP contribution in [-0.4, -0.2) is 30.1 Å². The molecule has 2 radical (unpaired) electrons. The maximum atomic E-state index is 5.54. The van der Waals surface area contributed by atoms with E-state index >= 15 is 0 Å². The summed E-state index contributed by atoms with van der Waals surface area (Å²) in [6.45, 7) is 1.35. The Balaban J connectivity index is 1.84. The molecule has 0 spiro atoms. The molecule has 0 aromatic heterocycles. The smallest absolute Gasteiger partial charge is 0.234 e. The van der Waals surface area contributed by atoms with Gasteiger partial charge in [0, 0.05) is 7.11 Å². The first-order valence-corrected chi connectivity index (χ1v) is 7.95. The highest BCUT2D eigenvalue weighted by atomic mass is 28.2. The second-order valence-electron chi connectivity index (χ2n) is 4.64. The molecule has 0 atom stereocenters. The van der Waals surface area contributed by atoms with E-state index in [2.05, 4.69) is 54.6 Å². The number of rotatable bonds is 8. The van der Waals surface area contributed by atoms with Crippen LogP contribution in [0.4, 0.5) is 0 Å². The van der Waals surface area contributed by atoms with Gasteiger partial charge in [0.05, 0.1) is 13.2 Å². The van der Waals surface area contributed by atoms with E-state index in [0.29, 0.717) is 23.0 Å². The van der Waals surface area contributed by atoms with Crippen LogP contribution in [0, 0.1) is 0 Å². The monoisotopic (exact) mass is 284 g/mol. The van der Waals surface area contributed by atoms with Crippen molar-refractivity contribution in [1.82, 2.24) is 0 Å². The molecule has 0 amide bonds. The molecule has 0 saturated carbocycles. The quantitative estimate of drug-likeness (QED) is 0.548. The lowest BCUT2D eigenvalue weighted by Crippen LogP contribution is -2.08. The average Bonchev–Trinajstić information content (AvgIpc) is 2.48. The van der Waals surface area contributed by atoms with Crippen molar-refractivity contribution in [2.45, 2.75) is 12.5 Å². The van der Waals surface area contributed by atoms with Crippen LogP contribution in [0.25, 0.3) is 0 Å². The lowest BCUT2D eigenvalue weighted by molar-refractivity contribution is 0.149. The molecule has 3 heteroatoms. The molecule has 0 heterocycles. The Hall–Kier alpha value is -1.42. The summed E-state index contributed by atoms with van der Waals surface area (Å²) in [5.74, 6) is 0. The Bertz CT molecular complexity index is 499. The minimum atomic E-state index is 0.504. The van der Waals surface area contributed by atoms with Gasteiger partial charge in [0.1, 0.15) is 0 Å². The van der Waals surface area contributed by atoms with E-state index in [4.69, 9.17) is 9.16 Å². The van der Waals surface area contributed by atoms with Crippen molar-refractivity contribution < 1.29 is 9.16 Å². The molecule has 0 N–H and O–H groups in total. The third kappa shape index (κ3) is 5.29. The van der Waals surface area contributed by atoms with Gasteiger partial charge in [-0.2, -0.15) is 0 Å². The average molecular weight is 284 g/mol. The molecule has 2 rings (SSSR count). The predicted molar refractivity (Wildman–Crippen MR) is 83.0 cm³/mol. The minimum absolute atomic E-state index is 0.504. The first kappa shape index (κ1) is 15.0. The van der Waals surface area contributed by atoms with Gasteiger partial charge in [-0.05, 0) is 29.2 Å². The summed E-state index contributed by atoms with van der Waals surface area (Å²) in [4.78, 5) is 0. The topological polar surface area (TPSA) is 18.5 Å². The molecule has 0 bridgehead atoms. The lowest BCUT2D eigenvalue weighted by atomic mass is 10.0. The summed E-state index contributed by atoms with van der Waals surface area (Å²) in [6, 6.07) is 20.3. The molecule has 20 heavy (non-hydrogen) atoms. The summed E-state index contributed by atoms with van der Waals surface area (Å²) in [7, 11) is 2.20. The Morgan fingerprint density at radius 1 is 0.850 bits per heavy atom. The fraction of sp³-hybridized carbons (Fsp3) is 0.294. The highest BCUT2D eigenvalue weighted by molar-refractivity contribution is 6.26. The van der Waals surface area contributed by atoms with Crippen molar-refractivity contribution in [3.05, 3.63) is 71.3 Å². The second-order valence-corrected chi connectivity index (χ2v) is 5.58. The highest BCUT2D eigenvalue weighted by Crippen LogP contribution is 2.11. The van der Waals surface area contributed by atoms with Crippen molar-refractivity contribution in [2.75, 3.05) is 20.3 Å². The Morgan fingerprint density at radius 2 is 1.60 bits per heavy atom. The maximum absolute atomic E-state index is 5.54. The third-order valence-corrected chi connectivity index (χ3v) is 3.97. The molecule has 0 aliphatic heterocycles. The normalized spacial score (nSPS) is 10.7. The van der Waals surface area contributed by atoms with Crippen LogP contribution in [0.5, 0.6) is 0 Å². The van der Waals surface area contributed by atoms with Gasteiger partial charge >= 0.3 is 0 Å². The maximum Gasteiger partial charge on any atom is 0.234 e. The molecule has 2 nitrogen and oxygen atoms in total. The molecule has 0 saturated heterocycles. The molecule has 0 unspecified atom stereocenters. The zero-order valence-electron chi connectivity index (χ0n) is 11.8. The van der Waals surface area contributed by atoms with Gasteiger partial charge in [-0.15, -0.1) is 0 Å². The first-order chi connectivity index (χ1) is 9.88. The molecule has 104 valence electrons. The van der Waals surface area contributed by atoms with E-state index in [1.54, 1.807) is 7.11 Å². The van der Waals surface area contributed by atoms with Gasteiger partial charge in [0.15, 0.2) is 0 Å². The fourth-order valence-corrected chi connectivity index (χ4v) is 2.73. The van der Waals surface area contributed by atoms with Crippen LogP contribution in [0.15, 0.2) is 54.6 Å². The van der Waals surface area contributed by atoms with Crippen LogP contribution >= 0.6 is 0 Å². The van der Waals surface area contributed by atoms with Crippen molar-refractivity contribution >= 4 is 9.76 Å². The zero-order valence-corrected chi connectivity index (χ0v) is 12.8. The minimum Gasteiger partial charge on any atom is -0.415 e. The SMILES string of the molecule is COCCO[Si]Cc1cccc(Cc2ccccc2)c1. The van der Waals surface area contributed by atoms with Crippen LogP contribution < -0.4 is 0 Å². The molecule has 0 aliphatic carbocycles. The summed E-state index contributed by atoms with van der Waals surface area (Å²) in [5, 5.41) is 0. The van der Waals surface area contributed by atoms with Crippen molar-refractivity contribution in [2.24, 2.45) is 0 Å². The largest absolute Gasteiger partial charge is 0.415 e. The van der Waals surface area contributed by atoms with E-state index in [0.717, 1.165) is 12.5 Å². The van der Waals surface area contributed by atoms with Gasteiger partial charge < -0.3 is 9.16 Å².